The zero-order valence-electron chi connectivity index (χ0n) is 21.2. The van der Waals surface area contributed by atoms with Crippen LogP contribution in [0.15, 0.2) is 65.7 Å². The van der Waals surface area contributed by atoms with Gasteiger partial charge in [-0.3, -0.25) is 4.79 Å². The van der Waals surface area contributed by atoms with Crippen molar-refractivity contribution in [2.75, 3.05) is 25.3 Å². The molecule has 1 amide bonds. The van der Waals surface area contributed by atoms with Gasteiger partial charge in [-0.2, -0.15) is 5.26 Å². The van der Waals surface area contributed by atoms with Gasteiger partial charge in [-0.1, -0.05) is 30.3 Å². The van der Waals surface area contributed by atoms with Crippen LogP contribution in [0.4, 0.5) is 23.2 Å². The number of nitrogens with one attached hydrogen (secondary N) is 1. The van der Waals surface area contributed by atoms with Crippen LogP contribution in [-0.2, 0) is 4.79 Å². The van der Waals surface area contributed by atoms with E-state index in [1.807, 2.05) is 35.6 Å². The number of halogens is 4. The van der Waals surface area contributed by atoms with Crippen LogP contribution in [0.5, 0.6) is 11.5 Å². The molecular weight excluding hydrogens is 546 g/mol. The number of rotatable bonds is 9. The highest BCUT2D eigenvalue weighted by atomic mass is 32.2. The molecule has 40 heavy (non-hydrogen) atoms. The van der Waals surface area contributed by atoms with E-state index in [0.29, 0.717) is 33.3 Å². The molecular formula is C29H21F4N3O3S. The second kappa shape index (κ2) is 12.5. The number of thioether (sulfide) groups is 1. The van der Waals surface area contributed by atoms with Gasteiger partial charge in [0.05, 0.1) is 25.5 Å². The van der Waals surface area contributed by atoms with Crippen LogP contribution in [0.1, 0.15) is 12.0 Å². The Labute approximate surface area is 231 Å². The van der Waals surface area contributed by atoms with Crippen molar-refractivity contribution in [3.8, 4) is 40.0 Å². The second-order valence-electron chi connectivity index (χ2n) is 8.27. The minimum Gasteiger partial charge on any atom is -0.497 e. The number of pyridine rings is 1. The number of nitriles is 1. The number of aromatic nitrogens is 1. The molecule has 0 bridgehead atoms. The molecule has 0 fully saturated rings. The molecule has 0 spiro atoms. The third kappa shape index (κ3) is 6.02. The first kappa shape index (κ1) is 28.4. The third-order valence-electron chi connectivity index (χ3n) is 5.81. The predicted octanol–water partition coefficient (Wildman–Crippen LogP) is 6.98. The Morgan fingerprint density at radius 2 is 1.65 bits per heavy atom. The Balaban J connectivity index is 1.68. The summed E-state index contributed by atoms with van der Waals surface area (Å²) in [6, 6.07) is 18.4. The van der Waals surface area contributed by atoms with Crippen LogP contribution in [-0.4, -0.2) is 30.9 Å². The van der Waals surface area contributed by atoms with Crippen molar-refractivity contribution in [2.24, 2.45) is 0 Å². The second-order valence-corrected chi connectivity index (χ2v) is 9.35. The van der Waals surface area contributed by atoms with Gasteiger partial charge in [-0.15, -0.1) is 11.8 Å². The van der Waals surface area contributed by atoms with Gasteiger partial charge in [-0.25, -0.2) is 22.5 Å². The smallest absolute Gasteiger partial charge is 0.225 e. The molecule has 0 saturated heterocycles. The molecule has 3 aromatic carbocycles. The molecule has 0 atom stereocenters. The fourth-order valence-corrected chi connectivity index (χ4v) is 4.80. The average Bonchev–Trinajstić information content (AvgIpc) is 2.98. The molecule has 0 unspecified atom stereocenters. The van der Waals surface area contributed by atoms with Crippen LogP contribution < -0.4 is 14.8 Å². The summed E-state index contributed by atoms with van der Waals surface area (Å²) in [5.74, 6) is -6.51. The average molecular weight is 568 g/mol. The molecule has 1 N–H and O–H groups in total. The lowest BCUT2D eigenvalue weighted by Gasteiger charge is -2.16. The van der Waals surface area contributed by atoms with Crippen molar-refractivity contribution >= 4 is 23.4 Å². The fourth-order valence-electron chi connectivity index (χ4n) is 3.85. The first-order chi connectivity index (χ1) is 19.3. The Bertz CT molecular complexity index is 1580. The molecule has 0 radical (unpaired) electrons. The molecule has 0 aliphatic carbocycles. The van der Waals surface area contributed by atoms with Gasteiger partial charge in [0, 0.05) is 34.9 Å². The Morgan fingerprint density at radius 1 is 0.950 bits per heavy atom. The van der Waals surface area contributed by atoms with Crippen LogP contribution in [0.3, 0.4) is 0 Å². The first-order valence-corrected chi connectivity index (χ1v) is 12.7. The van der Waals surface area contributed by atoms with Crippen LogP contribution >= 0.6 is 11.8 Å². The number of carbonyl (C=O) groups is 1. The van der Waals surface area contributed by atoms with Crippen LogP contribution in [0.25, 0.3) is 22.4 Å². The maximum Gasteiger partial charge on any atom is 0.225 e. The first-order valence-electron chi connectivity index (χ1n) is 11.8. The van der Waals surface area contributed by atoms with E-state index >= 15 is 0 Å². The van der Waals surface area contributed by atoms with Gasteiger partial charge >= 0.3 is 0 Å². The normalized spacial score (nSPS) is 10.6. The number of methoxy groups -OCH3 is 2. The lowest BCUT2D eigenvalue weighted by Crippen LogP contribution is -2.16. The SMILES string of the molecule is COc1ccc(OC)c(-c2cc(-c3ccccc3)nc(SCCC(=O)Nc3c(F)c(F)cc(F)c3F)c2C#N)c1. The van der Waals surface area contributed by atoms with E-state index in [4.69, 9.17) is 9.47 Å². The molecule has 1 aromatic heterocycles. The van der Waals surface area contributed by atoms with Crippen molar-refractivity contribution < 1.29 is 31.8 Å². The van der Waals surface area contributed by atoms with E-state index < -0.39 is 34.9 Å². The minimum absolute atomic E-state index is 0.0292. The standard InChI is InChI=1S/C29H21F4N3O3S/c1-38-17-8-9-24(39-2)19(12-17)18-13-23(16-6-4-3-5-7-16)35-29(20(18)15-34)40-11-10-25(37)36-28-26(32)21(30)14-22(31)27(28)33/h3-9,12-14H,10-11H2,1-2H3,(H,36,37). The maximum absolute atomic E-state index is 13.9. The van der Waals surface area contributed by atoms with Gasteiger partial charge in [0.1, 0.15) is 28.3 Å². The Hall–Kier alpha value is -4.56. The number of amides is 1. The van der Waals surface area contributed by atoms with Crippen molar-refractivity contribution in [1.29, 1.82) is 5.26 Å². The lowest BCUT2D eigenvalue weighted by atomic mass is 9.98. The van der Waals surface area contributed by atoms with Crippen molar-refractivity contribution in [2.45, 2.75) is 11.4 Å². The number of benzene rings is 3. The molecule has 4 rings (SSSR count). The number of nitrogens with zero attached hydrogens (tertiary/aromatic N) is 2. The molecule has 1 heterocycles. The van der Waals surface area contributed by atoms with E-state index in [1.165, 1.54) is 14.2 Å². The number of anilines is 1. The molecule has 0 aliphatic heterocycles. The maximum atomic E-state index is 13.9. The van der Waals surface area contributed by atoms with Crippen molar-refractivity contribution in [1.82, 2.24) is 4.98 Å². The van der Waals surface area contributed by atoms with E-state index in [9.17, 15) is 27.6 Å². The highest BCUT2D eigenvalue weighted by molar-refractivity contribution is 7.99. The molecule has 4 aromatic rings. The number of ether oxygens (including phenoxy) is 2. The Morgan fingerprint density at radius 3 is 2.27 bits per heavy atom. The quantitative estimate of drug-likeness (QED) is 0.133. The summed E-state index contributed by atoms with van der Waals surface area (Å²) in [5, 5.41) is 12.3. The van der Waals surface area contributed by atoms with Gasteiger partial charge in [-0.05, 0) is 24.3 Å². The van der Waals surface area contributed by atoms with Gasteiger partial charge in [0.2, 0.25) is 5.91 Å². The topological polar surface area (TPSA) is 84.2 Å². The minimum atomic E-state index is -1.71. The molecule has 204 valence electrons. The largest absolute Gasteiger partial charge is 0.497 e. The van der Waals surface area contributed by atoms with Crippen molar-refractivity contribution in [3.63, 3.8) is 0 Å². The number of carbonyl (C=O) groups excluding carboxylic acids is 1. The summed E-state index contributed by atoms with van der Waals surface area (Å²) < 4.78 is 65.8. The van der Waals surface area contributed by atoms with E-state index in [-0.39, 0.29) is 23.8 Å². The highest BCUT2D eigenvalue weighted by Crippen LogP contribution is 2.40. The van der Waals surface area contributed by atoms with E-state index in [0.717, 1.165) is 17.3 Å². The fraction of sp³-hybridized carbons (Fsp3) is 0.138. The van der Waals surface area contributed by atoms with Gasteiger partial charge in [0.25, 0.3) is 0 Å². The third-order valence-corrected chi connectivity index (χ3v) is 6.79. The number of hydrogen-bond acceptors (Lipinski definition) is 6. The summed E-state index contributed by atoms with van der Waals surface area (Å²) in [5.41, 5.74) is 1.41. The van der Waals surface area contributed by atoms with E-state index in [1.54, 1.807) is 24.3 Å². The molecule has 11 heteroatoms. The van der Waals surface area contributed by atoms with Gasteiger partial charge < -0.3 is 14.8 Å². The van der Waals surface area contributed by atoms with E-state index in [2.05, 4.69) is 11.1 Å². The summed E-state index contributed by atoms with van der Waals surface area (Å²) in [4.78, 5) is 17.0. The molecule has 0 aliphatic rings. The lowest BCUT2D eigenvalue weighted by molar-refractivity contribution is -0.115. The predicted molar refractivity (Wildman–Crippen MR) is 143 cm³/mol. The monoisotopic (exact) mass is 567 g/mol. The molecule has 6 nitrogen and oxygen atoms in total. The zero-order chi connectivity index (χ0) is 28.8. The highest BCUT2D eigenvalue weighted by Gasteiger charge is 2.22. The molecule has 0 saturated carbocycles. The van der Waals surface area contributed by atoms with Crippen LogP contribution in [0, 0.1) is 34.6 Å². The van der Waals surface area contributed by atoms with Gasteiger partial charge in [0.15, 0.2) is 23.3 Å². The zero-order valence-corrected chi connectivity index (χ0v) is 22.0. The van der Waals surface area contributed by atoms with Crippen molar-refractivity contribution in [3.05, 3.63) is 89.5 Å². The Kier molecular flexibility index (Phi) is 8.91. The summed E-state index contributed by atoms with van der Waals surface area (Å²) >= 11 is 1.06. The summed E-state index contributed by atoms with van der Waals surface area (Å²) in [6.07, 6.45) is -0.304. The summed E-state index contributed by atoms with van der Waals surface area (Å²) in [6.45, 7) is 0. The van der Waals surface area contributed by atoms with Crippen LogP contribution in [0.2, 0.25) is 0 Å². The summed E-state index contributed by atoms with van der Waals surface area (Å²) in [7, 11) is 3.02. The number of hydrogen-bond donors (Lipinski definition) is 1.